The average Bonchev–Trinajstić information content (AvgIpc) is 3.21. The first-order chi connectivity index (χ1) is 19.2. The fourth-order valence-electron chi connectivity index (χ4n) is 4.35. The van der Waals surface area contributed by atoms with Crippen LogP contribution in [0.5, 0.6) is 17.2 Å². The van der Waals surface area contributed by atoms with E-state index >= 15 is 0 Å². The van der Waals surface area contributed by atoms with E-state index in [4.69, 9.17) is 18.9 Å². The number of aromatic nitrogens is 1. The first-order valence-corrected chi connectivity index (χ1v) is 14.4. The maximum atomic E-state index is 13.9. The number of ether oxygens (including phenoxy) is 4. The van der Waals surface area contributed by atoms with Gasteiger partial charge in [-0.2, -0.15) is 0 Å². The van der Waals surface area contributed by atoms with Gasteiger partial charge in [-0.3, -0.25) is 9.36 Å². The van der Waals surface area contributed by atoms with E-state index < -0.39 is 12.0 Å². The number of benzene rings is 2. The molecule has 0 unspecified atom stereocenters. The Labute approximate surface area is 245 Å². The molecule has 0 spiro atoms. The van der Waals surface area contributed by atoms with Crippen LogP contribution in [0.3, 0.4) is 0 Å². The SMILES string of the molecule is C=CCOc1c(Br)cc(/C=c2/sc3n(c2=O)[C@H](c2ccc(OCC)cc2)C(C(=O)OC(C)C)=C(C)N=3)cc1OC. The number of hydrogen-bond donors (Lipinski definition) is 0. The summed E-state index contributed by atoms with van der Waals surface area (Å²) in [6, 6.07) is 10.3. The van der Waals surface area contributed by atoms with Gasteiger partial charge in [-0.1, -0.05) is 36.1 Å². The van der Waals surface area contributed by atoms with Crippen LogP contribution in [0.1, 0.15) is 44.9 Å². The molecule has 2 aromatic carbocycles. The molecule has 210 valence electrons. The highest BCUT2D eigenvalue weighted by Crippen LogP contribution is 2.37. The molecule has 0 amide bonds. The van der Waals surface area contributed by atoms with Crippen LogP contribution in [0.4, 0.5) is 0 Å². The molecule has 0 saturated heterocycles. The zero-order chi connectivity index (χ0) is 29.0. The van der Waals surface area contributed by atoms with Crippen molar-refractivity contribution in [3.8, 4) is 17.2 Å². The zero-order valence-corrected chi connectivity index (χ0v) is 25.4. The largest absolute Gasteiger partial charge is 0.494 e. The average molecular weight is 628 g/mol. The number of fused-ring (bicyclic) bond motifs is 1. The highest BCUT2D eigenvalue weighted by atomic mass is 79.9. The van der Waals surface area contributed by atoms with Gasteiger partial charge in [0.2, 0.25) is 0 Å². The number of carbonyl (C=O) groups is 1. The molecule has 1 aliphatic rings. The van der Waals surface area contributed by atoms with Gasteiger partial charge in [0.05, 0.1) is 46.1 Å². The van der Waals surface area contributed by atoms with Crippen LogP contribution in [0.15, 0.2) is 74.6 Å². The molecule has 0 N–H and O–H groups in total. The molecule has 1 atom stereocenters. The summed E-state index contributed by atoms with van der Waals surface area (Å²) < 4.78 is 25.1. The molecule has 4 rings (SSSR count). The summed E-state index contributed by atoms with van der Waals surface area (Å²) in [6.45, 7) is 11.8. The Kier molecular flexibility index (Phi) is 9.32. The van der Waals surface area contributed by atoms with Gasteiger partial charge in [-0.05, 0) is 85.1 Å². The fourth-order valence-corrected chi connectivity index (χ4v) is 5.97. The number of nitrogens with zero attached hydrogens (tertiary/aromatic N) is 2. The maximum absolute atomic E-state index is 13.9. The van der Waals surface area contributed by atoms with Crippen molar-refractivity contribution < 1.29 is 23.7 Å². The molecule has 0 aliphatic carbocycles. The van der Waals surface area contributed by atoms with Crippen molar-refractivity contribution in [2.75, 3.05) is 20.3 Å². The molecule has 40 heavy (non-hydrogen) atoms. The second-order valence-corrected chi connectivity index (χ2v) is 11.0. The maximum Gasteiger partial charge on any atom is 0.338 e. The molecule has 0 radical (unpaired) electrons. The molecular formula is C30H31BrN2O6S. The summed E-state index contributed by atoms with van der Waals surface area (Å²) in [5.74, 6) is 1.25. The lowest BCUT2D eigenvalue weighted by Gasteiger charge is -2.25. The first-order valence-electron chi connectivity index (χ1n) is 12.8. The lowest BCUT2D eigenvalue weighted by atomic mass is 9.96. The summed E-state index contributed by atoms with van der Waals surface area (Å²) in [6.07, 6.45) is 3.09. The van der Waals surface area contributed by atoms with Crippen molar-refractivity contribution in [3.05, 3.63) is 95.6 Å². The second kappa shape index (κ2) is 12.7. The number of halogens is 1. The fraction of sp³-hybridized carbons (Fsp3) is 0.300. The molecule has 1 aliphatic heterocycles. The van der Waals surface area contributed by atoms with Gasteiger partial charge in [-0.15, -0.1) is 0 Å². The standard InChI is InChI=1S/C30H31BrN2O6S/c1-7-13-38-27-22(31)14-19(15-23(27)36-6)16-24-28(34)33-26(20-9-11-21(12-10-20)37-8-2)25(29(35)39-17(3)4)18(5)32-30(33)40-24/h7,9-12,14-17,26H,1,8,13H2,2-6H3/b24-16+/t26-/m1/s1. The molecular weight excluding hydrogens is 596 g/mol. The van der Waals surface area contributed by atoms with Crippen LogP contribution in [-0.2, 0) is 9.53 Å². The van der Waals surface area contributed by atoms with Crippen LogP contribution < -0.4 is 29.1 Å². The quantitative estimate of drug-likeness (QED) is 0.234. The van der Waals surface area contributed by atoms with Crippen molar-refractivity contribution in [1.82, 2.24) is 4.57 Å². The lowest BCUT2D eigenvalue weighted by Crippen LogP contribution is -2.40. The lowest BCUT2D eigenvalue weighted by molar-refractivity contribution is -0.143. The Bertz CT molecular complexity index is 1640. The van der Waals surface area contributed by atoms with E-state index in [0.717, 1.165) is 11.1 Å². The van der Waals surface area contributed by atoms with Crippen LogP contribution >= 0.6 is 27.3 Å². The summed E-state index contributed by atoms with van der Waals surface area (Å²) in [5.41, 5.74) is 2.03. The predicted octanol–water partition coefficient (Wildman–Crippen LogP) is 4.92. The molecule has 0 saturated carbocycles. The van der Waals surface area contributed by atoms with Gasteiger partial charge in [-0.25, -0.2) is 9.79 Å². The van der Waals surface area contributed by atoms with Crippen molar-refractivity contribution in [2.45, 2.75) is 39.8 Å². The first kappa shape index (κ1) is 29.4. The molecule has 1 aromatic heterocycles. The van der Waals surface area contributed by atoms with E-state index in [1.165, 1.54) is 11.3 Å². The van der Waals surface area contributed by atoms with E-state index in [1.54, 1.807) is 50.7 Å². The number of thiazole rings is 1. The number of allylic oxidation sites excluding steroid dienone is 1. The third-order valence-corrected chi connectivity index (χ3v) is 7.56. The van der Waals surface area contributed by atoms with Gasteiger partial charge >= 0.3 is 5.97 Å². The van der Waals surface area contributed by atoms with Gasteiger partial charge in [0.25, 0.3) is 5.56 Å². The van der Waals surface area contributed by atoms with E-state index in [1.807, 2.05) is 37.3 Å². The van der Waals surface area contributed by atoms with Crippen molar-refractivity contribution in [1.29, 1.82) is 0 Å². The minimum absolute atomic E-state index is 0.271. The van der Waals surface area contributed by atoms with Crippen LogP contribution in [0.25, 0.3) is 6.08 Å². The predicted molar refractivity (Wildman–Crippen MR) is 159 cm³/mol. The summed E-state index contributed by atoms with van der Waals surface area (Å²) >= 11 is 4.79. The molecule has 0 bridgehead atoms. The number of carbonyl (C=O) groups excluding carboxylic acids is 1. The number of methoxy groups -OCH3 is 1. The Morgan fingerprint density at radius 2 is 1.95 bits per heavy atom. The summed E-state index contributed by atoms with van der Waals surface area (Å²) in [7, 11) is 1.55. The van der Waals surface area contributed by atoms with E-state index in [0.29, 0.717) is 55.5 Å². The van der Waals surface area contributed by atoms with Crippen molar-refractivity contribution >= 4 is 39.3 Å². The van der Waals surface area contributed by atoms with Crippen molar-refractivity contribution in [3.63, 3.8) is 0 Å². The van der Waals surface area contributed by atoms with E-state index in [-0.39, 0.29) is 11.7 Å². The van der Waals surface area contributed by atoms with Gasteiger partial charge in [0, 0.05) is 0 Å². The van der Waals surface area contributed by atoms with Gasteiger partial charge in [0.1, 0.15) is 12.4 Å². The zero-order valence-electron chi connectivity index (χ0n) is 23.0. The topological polar surface area (TPSA) is 88.4 Å². The minimum Gasteiger partial charge on any atom is -0.494 e. The van der Waals surface area contributed by atoms with Gasteiger partial charge < -0.3 is 18.9 Å². The number of hydrogen-bond acceptors (Lipinski definition) is 8. The smallest absolute Gasteiger partial charge is 0.338 e. The Morgan fingerprint density at radius 3 is 2.58 bits per heavy atom. The monoisotopic (exact) mass is 626 g/mol. The van der Waals surface area contributed by atoms with E-state index in [9.17, 15) is 9.59 Å². The Morgan fingerprint density at radius 1 is 1.23 bits per heavy atom. The van der Waals surface area contributed by atoms with Crippen molar-refractivity contribution in [2.24, 2.45) is 4.99 Å². The summed E-state index contributed by atoms with van der Waals surface area (Å²) in [5, 5.41) is 0. The van der Waals surface area contributed by atoms with Gasteiger partial charge in [0.15, 0.2) is 16.3 Å². The normalized spacial score (nSPS) is 15.0. The Hall–Kier alpha value is -3.63. The Balaban J connectivity index is 1.88. The van der Waals surface area contributed by atoms with Crippen LogP contribution in [-0.4, -0.2) is 37.0 Å². The second-order valence-electron chi connectivity index (χ2n) is 9.17. The third kappa shape index (κ3) is 6.08. The minimum atomic E-state index is -0.712. The highest BCUT2D eigenvalue weighted by Gasteiger charge is 2.33. The third-order valence-electron chi connectivity index (χ3n) is 5.99. The van der Waals surface area contributed by atoms with Crippen LogP contribution in [0, 0.1) is 0 Å². The number of esters is 1. The van der Waals surface area contributed by atoms with E-state index in [2.05, 4.69) is 27.5 Å². The number of rotatable bonds is 10. The summed E-state index contributed by atoms with van der Waals surface area (Å²) in [4.78, 5) is 32.3. The van der Waals surface area contributed by atoms with Crippen LogP contribution in [0.2, 0.25) is 0 Å². The molecule has 8 nitrogen and oxygen atoms in total. The highest BCUT2D eigenvalue weighted by molar-refractivity contribution is 9.10. The molecule has 3 aromatic rings. The molecule has 0 fully saturated rings. The molecule has 2 heterocycles. The molecule has 10 heteroatoms.